The van der Waals surface area contributed by atoms with Gasteiger partial charge in [-0.1, -0.05) is 58.3 Å². The zero-order valence-electron chi connectivity index (χ0n) is 21.8. The van der Waals surface area contributed by atoms with Gasteiger partial charge in [-0.2, -0.15) is 0 Å². The topological polar surface area (TPSA) is 114 Å². The van der Waals surface area contributed by atoms with E-state index in [1.54, 1.807) is 7.05 Å². The maximum absolute atomic E-state index is 10.5. The van der Waals surface area contributed by atoms with Crippen molar-refractivity contribution in [2.24, 2.45) is 0 Å². The number of nitro groups is 2. The fraction of sp³-hybridized carbons (Fsp3) is 1.00. The van der Waals surface area contributed by atoms with E-state index in [9.17, 15) is 20.2 Å². The van der Waals surface area contributed by atoms with Gasteiger partial charge < -0.3 is 5.32 Å². The summed E-state index contributed by atoms with van der Waals surface area (Å²) < 4.78 is 0. The molecule has 0 spiro atoms. The quantitative estimate of drug-likeness (QED) is 0.329. The Morgan fingerprint density at radius 3 is 1.71 bits per heavy atom. The highest BCUT2D eigenvalue weighted by molar-refractivity contribution is 4.83. The number of nitrogens with one attached hydrogen (secondary N) is 2. The van der Waals surface area contributed by atoms with Gasteiger partial charge >= 0.3 is 0 Å². The predicted octanol–water partition coefficient (Wildman–Crippen LogP) is 5.09. The van der Waals surface area contributed by atoms with Gasteiger partial charge in [0.25, 0.3) is 0 Å². The number of hydrazine groups is 1. The van der Waals surface area contributed by atoms with E-state index in [-0.39, 0.29) is 12.5 Å². The molecule has 0 aliphatic heterocycles. The van der Waals surface area contributed by atoms with E-state index in [1.807, 2.05) is 0 Å². The fourth-order valence-corrected chi connectivity index (χ4v) is 5.90. The summed E-state index contributed by atoms with van der Waals surface area (Å²) in [4.78, 5) is 20.2. The molecule has 0 aromatic rings. The minimum atomic E-state index is -0.781. The summed E-state index contributed by atoms with van der Waals surface area (Å²) >= 11 is 0. The van der Waals surface area contributed by atoms with E-state index in [2.05, 4.69) is 29.6 Å². The number of hydrogen-bond acceptors (Lipinski definition) is 7. The van der Waals surface area contributed by atoms with Crippen LogP contribution in [0.25, 0.3) is 0 Å². The van der Waals surface area contributed by atoms with Gasteiger partial charge in [0.2, 0.25) is 12.1 Å². The lowest BCUT2D eigenvalue weighted by Crippen LogP contribution is -2.55. The first-order valence-corrected chi connectivity index (χ1v) is 13.8. The Morgan fingerprint density at radius 1 is 0.853 bits per heavy atom. The van der Waals surface area contributed by atoms with Crippen LogP contribution in [0.2, 0.25) is 0 Å². The first-order chi connectivity index (χ1) is 16.3. The highest BCUT2D eigenvalue weighted by Gasteiger charge is 2.40. The molecule has 3 aliphatic carbocycles. The summed E-state index contributed by atoms with van der Waals surface area (Å²) in [5, 5.41) is 26.7. The van der Waals surface area contributed by atoms with Gasteiger partial charge in [0.1, 0.15) is 0 Å². The zero-order valence-corrected chi connectivity index (χ0v) is 21.8. The van der Waals surface area contributed by atoms with Crippen LogP contribution in [0, 0.1) is 20.2 Å². The standard InChI is InChI=1S/C18H36N2.C7H13N3O4/c1-3-4-11-16(2)19-20(17-12-7-5-8-13-17)18-14-9-6-10-15-18;1-8-5-2-6(9(11)12)4-7(3-5)10(13)14/h16-19H,3-15H2,1-2H3;5-8H,2-4H2,1H3. The Balaban J connectivity index is 0.000000257. The van der Waals surface area contributed by atoms with Crippen molar-refractivity contribution in [2.45, 2.75) is 153 Å². The van der Waals surface area contributed by atoms with Crippen LogP contribution in [0.4, 0.5) is 0 Å². The van der Waals surface area contributed by atoms with Crippen LogP contribution in [0.5, 0.6) is 0 Å². The van der Waals surface area contributed by atoms with Gasteiger partial charge in [-0.25, -0.2) is 5.01 Å². The van der Waals surface area contributed by atoms with Crippen LogP contribution >= 0.6 is 0 Å². The van der Waals surface area contributed by atoms with Crippen LogP contribution in [-0.4, -0.2) is 58.2 Å². The second-order valence-corrected chi connectivity index (χ2v) is 10.7. The van der Waals surface area contributed by atoms with E-state index >= 15 is 0 Å². The molecule has 3 rings (SSSR count). The van der Waals surface area contributed by atoms with Crippen molar-refractivity contribution in [1.82, 2.24) is 15.8 Å². The van der Waals surface area contributed by atoms with E-state index in [4.69, 9.17) is 0 Å². The molecular weight excluding hydrogens is 434 g/mol. The number of unbranched alkanes of at least 4 members (excludes halogenated alkanes) is 1. The third-order valence-electron chi connectivity index (χ3n) is 7.96. The number of hydrogen-bond donors (Lipinski definition) is 2. The van der Waals surface area contributed by atoms with Gasteiger partial charge in [0.15, 0.2) is 0 Å². The molecule has 0 radical (unpaired) electrons. The predicted molar refractivity (Wildman–Crippen MR) is 136 cm³/mol. The third kappa shape index (κ3) is 9.74. The Bertz CT molecular complexity index is 556. The number of rotatable bonds is 10. The fourth-order valence-electron chi connectivity index (χ4n) is 5.90. The molecule has 3 saturated carbocycles. The molecule has 0 bridgehead atoms. The first kappa shape index (κ1) is 28.9. The second-order valence-electron chi connectivity index (χ2n) is 10.7. The first-order valence-electron chi connectivity index (χ1n) is 13.8. The Labute approximate surface area is 206 Å². The van der Waals surface area contributed by atoms with Crippen molar-refractivity contribution in [3.63, 3.8) is 0 Å². The summed E-state index contributed by atoms with van der Waals surface area (Å²) in [6.45, 7) is 4.68. The Hall–Kier alpha value is -1.32. The largest absolute Gasteiger partial charge is 0.316 e. The number of nitrogens with zero attached hydrogens (tertiary/aromatic N) is 3. The molecule has 198 valence electrons. The minimum absolute atomic E-state index is 0.0537. The van der Waals surface area contributed by atoms with Gasteiger partial charge in [-0.15, -0.1) is 0 Å². The van der Waals surface area contributed by atoms with Crippen LogP contribution in [-0.2, 0) is 0 Å². The molecule has 0 aromatic carbocycles. The summed E-state index contributed by atoms with van der Waals surface area (Å²) in [5.74, 6) is 0. The minimum Gasteiger partial charge on any atom is -0.316 e. The summed E-state index contributed by atoms with van der Waals surface area (Å²) in [6, 6.07) is 0.605. The van der Waals surface area contributed by atoms with Gasteiger partial charge in [-0.05, 0) is 46.1 Å². The summed E-state index contributed by atoms with van der Waals surface area (Å²) in [7, 11) is 1.67. The SMILES string of the molecule is CCCCC(C)NN(C1CCCCC1)C1CCCCC1.CNC1CC([N+](=O)[O-])CC([N+](=O)[O-])C1. The Morgan fingerprint density at radius 2 is 1.32 bits per heavy atom. The third-order valence-corrected chi connectivity index (χ3v) is 7.96. The summed E-state index contributed by atoms with van der Waals surface area (Å²) in [5.41, 5.74) is 3.92. The van der Waals surface area contributed by atoms with Gasteiger partial charge in [0.05, 0.1) is 6.42 Å². The van der Waals surface area contributed by atoms with E-state index in [1.165, 1.54) is 83.5 Å². The highest BCUT2D eigenvalue weighted by atomic mass is 16.6. The molecule has 2 N–H and O–H groups in total. The molecule has 9 heteroatoms. The van der Waals surface area contributed by atoms with Crippen LogP contribution in [0.1, 0.15) is 117 Å². The maximum atomic E-state index is 10.5. The molecular formula is C25H49N5O4. The van der Waals surface area contributed by atoms with E-state index in [0.29, 0.717) is 18.9 Å². The smallest absolute Gasteiger partial charge is 0.221 e. The lowest BCUT2D eigenvalue weighted by atomic mass is 9.88. The van der Waals surface area contributed by atoms with Crippen molar-refractivity contribution < 1.29 is 9.85 Å². The molecule has 0 aromatic heterocycles. The molecule has 0 saturated heterocycles. The average molecular weight is 484 g/mol. The molecule has 3 atom stereocenters. The lowest BCUT2D eigenvalue weighted by Gasteiger charge is -2.43. The molecule has 9 nitrogen and oxygen atoms in total. The van der Waals surface area contributed by atoms with Gasteiger partial charge in [0, 0.05) is 46.9 Å². The van der Waals surface area contributed by atoms with Gasteiger partial charge in [-0.3, -0.25) is 25.7 Å². The van der Waals surface area contributed by atoms with Crippen molar-refractivity contribution >= 4 is 0 Å². The average Bonchev–Trinajstić information content (AvgIpc) is 2.87. The summed E-state index contributed by atoms with van der Waals surface area (Å²) in [6.07, 6.45) is 19.2. The molecule has 0 heterocycles. The maximum Gasteiger partial charge on any atom is 0.221 e. The van der Waals surface area contributed by atoms with Crippen LogP contribution in [0.3, 0.4) is 0 Å². The lowest BCUT2D eigenvalue weighted by molar-refractivity contribution is -0.568. The van der Waals surface area contributed by atoms with E-state index in [0.717, 1.165) is 12.1 Å². The van der Waals surface area contributed by atoms with Crippen LogP contribution < -0.4 is 10.7 Å². The Kier molecular flexibility index (Phi) is 13.3. The molecule has 3 unspecified atom stereocenters. The monoisotopic (exact) mass is 483 g/mol. The second kappa shape index (κ2) is 15.6. The van der Waals surface area contributed by atoms with Crippen molar-refractivity contribution in [2.75, 3.05) is 7.05 Å². The molecule has 3 fully saturated rings. The molecule has 0 amide bonds. The van der Waals surface area contributed by atoms with Crippen LogP contribution in [0.15, 0.2) is 0 Å². The van der Waals surface area contributed by atoms with Crippen molar-refractivity contribution in [3.8, 4) is 0 Å². The normalized spacial score (nSPS) is 27.6. The zero-order chi connectivity index (χ0) is 24.9. The van der Waals surface area contributed by atoms with E-state index < -0.39 is 21.9 Å². The van der Waals surface area contributed by atoms with Crippen molar-refractivity contribution in [3.05, 3.63) is 20.2 Å². The molecule has 34 heavy (non-hydrogen) atoms. The molecule has 3 aliphatic rings. The van der Waals surface area contributed by atoms with Crippen molar-refractivity contribution in [1.29, 1.82) is 0 Å². The highest BCUT2D eigenvalue weighted by Crippen LogP contribution is 2.29.